The Morgan fingerprint density at radius 1 is 1.70 bits per heavy atom. The zero-order valence-electron chi connectivity index (χ0n) is 6.21. The number of halogens is 1. The van der Waals surface area contributed by atoms with Gasteiger partial charge >= 0.3 is 0 Å². The van der Waals surface area contributed by atoms with E-state index in [1.165, 1.54) is 5.01 Å². The maximum absolute atomic E-state index is 5.52. The molecule has 0 aromatic heterocycles. The van der Waals surface area contributed by atoms with Crippen LogP contribution >= 0.6 is 11.6 Å². The smallest absolute Gasteiger partial charge is 0.153 e. The van der Waals surface area contributed by atoms with Crippen molar-refractivity contribution in [2.45, 2.75) is 19.9 Å². The van der Waals surface area contributed by atoms with Crippen molar-refractivity contribution in [3.63, 3.8) is 0 Å². The van der Waals surface area contributed by atoms with Gasteiger partial charge in [0.25, 0.3) is 0 Å². The van der Waals surface area contributed by atoms with E-state index in [4.69, 9.17) is 23.3 Å². The van der Waals surface area contributed by atoms with Crippen molar-refractivity contribution in [3.8, 4) is 0 Å². The van der Waals surface area contributed by atoms with Gasteiger partial charge in [-0.1, -0.05) is 0 Å². The second-order valence-corrected chi connectivity index (χ2v) is 2.45. The van der Waals surface area contributed by atoms with Crippen LogP contribution in [0.25, 0.3) is 0 Å². The van der Waals surface area contributed by atoms with E-state index < -0.39 is 0 Å². The van der Waals surface area contributed by atoms with Crippen LogP contribution in [0.2, 0.25) is 0 Å². The molecule has 0 saturated carbocycles. The number of hydrogen-bond acceptors (Lipinski definition) is 3. The third-order valence-corrected chi connectivity index (χ3v) is 1.36. The molecule has 0 rings (SSSR count). The molecule has 60 valence electrons. The second kappa shape index (κ2) is 4.35. The molecule has 0 radical (unpaired) electrons. The zero-order valence-corrected chi connectivity index (χ0v) is 6.97. The SMILES string of the molecule is CC(C)N(N)/C(CCl)=N\N. The van der Waals surface area contributed by atoms with Crippen molar-refractivity contribution in [2.75, 3.05) is 5.88 Å². The number of nitrogens with zero attached hydrogens (tertiary/aromatic N) is 2. The minimum Gasteiger partial charge on any atom is -0.321 e. The summed E-state index contributed by atoms with van der Waals surface area (Å²) in [5, 5.41) is 4.85. The molecule has 0 amide bonds. The molecule has 0 aromatic rings. The minimum atomic E-state index is 0.168. The molecule has 0 aliphatic heterocycles. The molecule has 0 heterocycles. The van der Waals surface area contributed by atoms with Crippen molar-refractivity contribution in [1.82, 2.24) is 5.01 Å². The molecule has 0 bridgehead atoms. The summed E-state index contributed by atoms with van der Waals surface area (Å²) in [7, 11) is 0. The summed E-state index contributed by atoms with van der Waals surface area (Å²) in [5.41, 5.74) is 0. The van der Waals surface area contributed by atoms with Gasteiger partial charge in [0.15, 0.2) is 5.84 Å². The van der Waals surface area contributed by atoms with E-state index in [0.717, 1.165) is 0 Å². The maximum atomic E-state index is 5.52. The molecule has 10 heavy (non-hydrogen) atoms. The number of alkyl halides is 1. The van der Waals surface area contributed by atoms with Crippen LogP contribution in [0.3, 0.4) is 0 Å². The van der Waals surface area contributed by atoms with E-state index in [0.29, 0.717) is 5.84 Å². The van der Waals surface area contributed by atoms with Crippen molar-refractivity contribution >= 4 is 17.4 Å². The molecule has 0 saturated heterocycles. The molecule has 5 heteroatoms. The fourth-order valence-corrected chi connectivity index (χ4v) is 0.675. The Bertz CT molecular complexity index is 123. The van der Waals surface area contributed by atoms with E-state index in [-0.39, 0.29) is 11.9 Å². The van der Waals surface area contributed by atoms with Crippen LogP contribution < -0.4 is 11.7 Å². The molecule has 0 aliphatic carbocycles. The summed E-state index contributed by atoms with van der Waals surface area (Å²) >= 11 is 5.47. The monoisotopic (exact) mass is 164 g/mol. The lowest BCUT2D eigenvalue weighted by Crippen LogP contribution is -2.44. The van der Waals surface area contributed by atoms with Gasteiger partial charge in [-0.3, -0.25) is 5.01 Å². The van der Waals surface area contributed by atoms with E-state index in [1.54, 1.807) is 0 Å². The summed E-state index contributed by atoms with van der Waals surface area (Å²) in [5.74, 6) is 11.3. The van der Waals surface area contributed by atoms with Crippen LogP contribution in [-0.4, -0.2) is 22.8 Å². The maximum Gasteiger partial charge on any atom is 0.153 e. The topological polar surface area (TPSA) is 67.6 Å². The normalized spacial score (nSPS) is 12.3. The van der Waals surface area contributed by atoms with Gasteiger partial charge in [-0.05, 0) is 13.8 Å². The van der Waals surface area contributed by atoms with Gasteiger partial charge in [-0.2, -0.15) is 5.10 Å². The van der Waals surface area contributed by atoms with Crippen LogP contribution in [0.5, 0.6) is 0 Å². The second-order valence-electron chi connectivity index (χ2n) is 2.18. The Labute approximate surface area is 65.8 Å². The molecule has 0 unspecified atom stereocenters. The molecule has 0 atom stereocenters. The molecule has 4 N–H and O–H groups in total. The lowest BCUT2D eigenvalue weighted by molar-refractivity contribution is 0.361. The van der Waals surface area contributed by atoms with Crippen LogP contribution in [0.15, 0.2) is 5.10 Å². The first-order valence-electron chi connectivity index (χ1n) is 3.00. The van der Waals surface area contributed by atoms with Gasteiger partial charge in [-0.25, -0.2) is 5.84 Å². The predicted octanol–water partition coefficient (Wildman–Crippen LogP) is 0.0815. The lowest BCUT2D eigenvalue weighted by atomic mass is 10.4. The van der Waals surface area contributed by atoms with Crippen LogP contribution in [0.4, 0.5) is 0 Å². The molecule has 0 fully saturated rings. The lowest BCUT2D eigenvalue weighted by Gasteiger charge is -2.22. The highest BCUT2D eigenvalue weighted by molar-refractivity contribution is 6.28. The summed E-state index contributed by atoms with van der Waals surface area (Å²) in [6, 6.07) is 0.168. The van der Waals surface area contributed by atoms with Gasteiger partial charge in [0, 0.05) is 6.04 Å². The first-order chi connectivity index (χ1) is 4.63. The average Bonchev–Trinajstić information content (AvgIpc) is 1.90. The number of hydrazone groups is 1. The fraction of sp³-hybridized carbons (Fsp3) is 0.800. The Balaban J connectivity index is 4.03. The summed E-state index contributed by atoms with van der Waals surface area (Å²) < 4.78 is 0. The van der Waals surface area contributed by atoms with Crippen LogP contribution in [0, 0.1) is 0 Å². The molecule has 0 aromatic carbocycles. The van der Waals surface area contributed by atoms with Crippen molar-refractivity contribution < 1.29 is 0 Å². The number of rotatable bonds is 2. The van der Waals surface area contributed by atoms with Gasteiger partial charge in [-0.15, -0.1) is 11.6 Å². The highest BCUT2D eigenvalue weighted by Crippen LogP contribution is 1.93. The third-order valence-electron chi connectivity index (χ3n) is 1.12. The number of amidine groups is 1. The highest BCUT2D eigenvalue weighted by Gasteiger charge is 2.08. The predicted molar refractivity (Wildman–Crippen MR) is 43.5 cm³/mol. The van der Waals surface area contributed by atoms with Crippen LogP contribution in [-0.2, 0) is 0 Å². The summed E-state index contributed by atoms with van der Waals surface area (Å²) in [4.78, 5) is 0. The van der Waals surface area contributed by atoms with Crippen LogP contribution in [0.1, 0.15) is 13.8 Å². The summed E-state index contributed by atoms with van der Waals surface area (Å²) in [6.07, 6.45) is 0. The quantitative estimate of drug-likeness (QED) is 0.200. The number of nitrogens with two attached hydrogens (primary N) is 2. The minimum absolute atomic E-state index is 0.168. The Morgan fingerprint density at radius 3 is 2.30 bits per heavy atom. The van der Waals surface area contributed by atoms with Crippen molar-refractivity contribution in [2.24, 2.45) is 16.8 Å². The molecular weight excluding hydrogens is 152 g/mol. The van der Waals surface area contributed by atoms with E-state index in [1.807, 2.05) is 13.8 Å². The van der Waals surface area contributed by atoms with Crippen molar-refractivity contribution in [3.05, 3.63) is 0 Å². The van der Waals surface area contributed by atoms with E-state index >= 15 is 0 Å². The Hall–Kier alpha value is -0.480. The summed E-state index contributed by atoms with van der Waals surface area (Å²) in [6.45, 7) is 3.86. The number of hydrazine groups is 1. The highest BCUT2D eigenvalue weighted by atomic mass is 35.5. The first kappa shape index (κ1) is 9.52. The molecular formula is C5H13ClN4. The molecule has 4 nitrogen and oxygen atoms in total. The average molecular weight is 165 g/mol. The Kier molecular flexibility index (Phi) is 4.14. The first-order valence-corrected chi connectivity index (χ1v) is 3.53. The van der Waals surface area contributed by atoms with E-state index in [2.05, 4.69) is 5.10 Å². The number of hydrogen-bond donors (Lipinski definition) is 2. The van der Waals surface area contributed by atoms with E-state index in [9.17, 15) is 0 Å². The van der Waals surface area contributed by atoms with Gasteiger partial charge in [0.1, 0.15) is 0 Å². The Morgan fingerprint density at radius 2 is 2.20 bits per heavy atom. The molecule has 0 aliphatic rings. The van der Waals surface area contributed by atoms with Gasteiger partial charge in [0.2, 0.25) is 0 Å². The van der Waals surface area contributed by atoms with Gasteiger partial charge in [0.05, 0.1) is 5.88 Å². The molecule has 0 spiro atoms. The standard InChI is InChI=1S/C5H13ClN4/c1-4(2)10(8)5(3-6)9-7/h4H,3,7-8H2,1-2H3/b9-5-. The van der Waals surface area contributed by atoms with Gasteiger partial charge < -0.3 is 5.84 Å². The van der Waals surface area contributed by atoms with Crippen molar-refractivity contribution in [1.29, 1.82) is 0 Å². The largest absolute Gasteiger partial charge is 0.321 e. The zero-order chi connectivity index (χ0) is 8.15. The third kappa shape index (κ3) is 2.41. The fourth-order valence-electron chi connectivity index (χ4n) is 0.468.